The molecule has 3 rings (SSSR count). The highest BCUT2D eigenvalue weighted by Crippen LogP contribution is 2.31. The highest BCUT2D eigenvalue weighted by molar-refractivity contribution is 5.88. The molecule has 2 N–H and O–H groups in total. The maximum atomic E-state index is 13.9. The number of hydrogen-bond donors (Lipinski definition) is 2. The summed E-state index contributed by atoms with van der Waals surface area (Å²) in [5.41, 5.74) is 1.47. The van der Waals surface area contributed by atoms with Crippen LogP contribution < -0.4 is 10.6 Å². The van der Waals surface area contributed by atoms with Crippen LogP contribution in [-0.2, 0) is 0 Å². The van der Waals surface area contributed by atoms with E-state index in [1.165, 1.54) is 6.26 Å². The van der Waals surface area contributed by atoms with E-state index in [9.17, 15) is 9.18 Å². The lowest BCUT2D eigenvalue weighted by Gasteiger charge is -2.26. The fourth-order valence-corrected chi connectivity index (χ4v) is 2.98. The highest BCUT2D eigenvalue weighted by atomic mass is 19.1. The predicted octanol–water partition coefficient (Wildman–Crippen LogP) is 2.69. The van der Waals surface area contributed by atoms with Gasteiger partial charge in [-0.15, -0.1) is 0 Å². The first-order valence-electron chi connectivity index (χ1n) is 7.49. The lowest BCUT2D eigenvalue weighted by Crippen LogP contribution is -2.41. The molecule has 23 heavy (non-hydrogen) atoms. The number of hydrogen-bond acceptors (Lipinski definition) is 4. The summed E-state index contributed by atoms with van der Waals surface area (Å²) in [5.74, 6) is 0.125. The molecule has 1 fully saturated rings. The van der Waals surface area contributed by atoms with Crippen molar-refractivity contribution in [1.29, 1.82) is 0 Å². The topological polar surface area (TPSA) is 70.4 Å². The van der Waals surface area contributed by atoms with Gasteiger partial charge in [-0.25, -0.2) is 9.18 Å². The van der Waals surface area contributed by atoms with Gasteiger partial charge in [-0.3, -0.25) is 10.2 Å². The van der Waals surface area contributed by atoms with Crippen molar-refractivity contribution in [3.63, 3.8) is 0 Å². The molecule has 1 aromatic heterocycles. The summed E-state index contributed by atoms with van der Waals surface area (Å²) in [6.07, 6.45) is 2.18. The van der Waals surface area contributed by atoms with E-state index in [-0.39, 0.29) is 23.9 Å². The number of anilines is 1. The normalized spacial score (nSPS) is 21.3. The number of carbonyl (C=O) groups is 1. The molecular weight excluding hydrogens is 299 g/mol. The molecule has 1 aliphatic rings. The van der Waals surface area contributed by atoms with Crippen LogP contribution in [-0.4, -0.2) is 35.7 Å². The van der Waals surface area contributed by atoms with Crippen LogP contribution in [0.4, 0.5) is 15.0 Å². The van der Waals surface area contributed by atoms with Crippen molar-refractivity contribution in [3.05, 3.63) is 47.5 Å². The number of aromatic nitrogens is 1. The lowest BCUT2D eigenvalue weighted by atomic mass is 9.99. The Bertz CT molecular complexity index is 689. The average Bonchev–Trinajstić information content (AvgIpc) is 3.12. The summed E-state index contributed by atoms with van der Waals surface area (Å²) in [5, 5.41) is 9.18. The average molecular weight is 318 g/mol. The maximum Gasteiger partial charge on any atom is 0.320 e. The molecule has 2 atom stereocenters. The van der Waals surface area contributed by atoms with Crippen LogP contribution in [0.5, 0.6) is 0 Å². The monoisotopic (exact) mass is 318 g/mol. The SMILES string of the molecule is Cc1ccc(C2C(NC(=O)Nc3ccon3)CCN2C)cc1F. The first-order valence-corrected chi connectivity index (χ1v) is 7.49. The zero-order chi connectivity index (χ0) is 16.4. The van der Waals surface area contributed by atoms with Crippen molar-refractivity contribution in [2.24, 2.45) is 0 Å². The van der Waals surface area contributed by atoms with Gasteiger partial charge in [0.1, 0.15) is 12.1 Å². The number of aryl methyl sites for hydroxylation is 1. The molecule has 2 aromatic rings. The summed E-state index contributed by atoms with van der Waals surface area (Å²) < 4.78 is 18.5. The molecule has 0 aliphatic carbocycles. The zero-order valence-electron chi connectivity index (χ0n) is 13.0. The number of likely N-dealkylation sites (N-methyl/N-ethyl adjacent to an activating group) is 1. The van der Waals surface area contributed by atoms with Crippen LogP contribution in [0.2, 0.25) is 0 Å². The third-order valence-electron chi connectivity index (χ3n) is 4.18. The Morgan fingerprint density at radius 3 is 2.96 bits per heavy atom. The summed E-state index contributed by atoms with van der Waals surface area (Å²) >= 11 is 0. The lowest BCUT2D eigenvalue weighted by molar-refractivity contribution is 0.240. The smallest absolute Gasteiger partial charge is 0.320 e. The van der Waals surface area contributed by atoms with Crippen molar-refractivity contribution in [3.8, 4) is 0 Å². The number of urea groups is 1. The molecule has 0 spiro atoms. The molecule has 1 aromatic carbocycles. The molecule has 2 unspecified atom stereocenters. The number of halogens is 1. The van der Waals surface area contributed by atoms with E-state index >= 15 is 0 Å². The van der Waals surface area contributed by atoms with Gasteiger partial charge in [0.2, 0.25) is 0 Å². The fraction of sp³-hybridized carbons (Fsp3) is 0.375. The van der Waals surface area contributed by atoms with Gasteiger partial charge in [0.25, 0.3) is 0 Å². The number of nitrogens with zero attached hydrogens (tertiary/aromatic N) is 2. The number of amides is 2. The summed E-state index contributed by atoms with van der Waals surface area (Å²) in [6.45, 7) is 2.56. The number of benzene rings is 1. The van der Waals surface area contributed by atoms with Gasteiger partial charge in [-0.1, -0.05) is 17.3 Å². The second-order valence-electron chi connectivity index (χ2n) is 5.81. The molecule has 0 bridgehead atoms. The number of carbonyl (C=O) groups excluding carboxylic acids is 1. The minimum atomic E-state index is -0.350. The molecule has 0 saturated carbocycles. The van der Waals surface area contributed by atoms with E-state index in [0.29, 0.717) is 11.4 Å². The van der Waals surface area contributed by atoms with Gasteiger partial charge in [-0.05, 0) is 37.6 Å². The molecule has 2 heterocycles. The van der Waals surface area contributed by atoms with Gasteiger partial charge in [0.15, 0.2) is 5.82 Å². The van der Waals surface area contributed by atoms with Crippen LogP contribution in [0, 0.1) is 12.7 Å². The van der Waals surface area contributed by atoms with E-state index < -0.39 is 0 Å². The van der Waals surface area contributed by atoms with Crippen LogP contribution in [0.15, 0.2) is 35.1 Å². The standard InChI is InChI=1S/C16H19FN4O2/c1-10-3-4-11(9-12(10)17)15-13(5-7-21(15)2)18-16(22)19-14-6-8-23-20-14/h3-4,6,8-9,13,15H,5,7H2,1-2H3,(H2,18,19,20,22). The van der Waals surface area contributed by atoms with Gasteiger partial charge < -0.3 is 9.84 Å². The number of likely N-dealkylation sites (tertiary alicyclic amines) is 1. The van der Waals surface area contributed by atoms with E-state index in [0.717, 1.165) is 18.5 Å². The van der Waals surface area contributed by atoms with Gasteiger partial charge >= 0.3 is 6.03 Å². The second kappa shape index (κ2) is 6.37. The highest BCUT2D eigenvalue weighted by Gasteiger charge is 2.34. The van der Waals surface area contributed by atoms with E-state index in [2.05, 4.69) is 25.2 Å². The summed E-state index contributed by atoms with van der Waals surface area (Å²) in [6, 6.07) is 6.27. The Morgan fingerprint density at radius 1 is 1.43 bits per heavy atom. The second-order valence-corrected chi connectivity index (χ2v) is 5.81. The van der Waals surface area contributed by atoms with Gasteiger partial charge in [0.05, 0.1) is 12.1 Å². The Hall–Kier alpha value is -2.41. The first-order chi connectivity index (χ1) is 11.0. The Balaban J connectivity index is 1.73. The van der Waals surface area contributed by atoms with Crippen molar-refractivity contribution in [2.45, 2.75) is 25.4 Å². The minimum Gasteiger partial charge on any atom is -0.363 e. The summed E-state index contributed by atoms with van der Waals surface area (Å²) in [7, 11) is 1.97. The molecular formula is C16H19FN4O2. The Labute approximate surface area is 133 Å². The fourth-order valence-electron chi connectivity index (χ4n) is 2.98. The van der Waals surface area contributed by atoms with Crippen LogP contribution >= 0.6 is 0 Å². The Kier molecular flexibility index (Phi) is 4.29. The van der Waals surface area contributed by atoms with Crippen molar-refractivity contribution < 1.29 is 13.7 Å². The Morgan fingerprint density at radius 2 is 2.26 bits per heavy atom. The van der Waals surface area contributed by atoms with Gasteiger partial charge in [-0.2, -0.15) is 0 Å². The third kappa shape index (κ3) is 3.34. The minimum absolute atomic E-state index is 0.0619. The first kappa shape index (κ1) is 15.5. The molecule has 7 heteroatoms. The molecule has 122 valence electrons. The largest absolute Gasteiger partial charge is 0.363 e. The van der Waals surface area contributed by atoms with Crippen molar-refractivity contribution >= 4 is 11.8 Å². The molecule has 0 radical (unpaired) electrons. The van der Waals surface area contributed by atoms with E-state index in [4.69, 9.17) is 0 Å². The third-order valence-corrected chi connectivity index (χ3v) is 4.18. The van der Waals surface area contributed by atoms with E-state index in [1.807, 2.05) is 13.1 Å². The van der Waals surface area contributed by atoms with Crippen LogP contribution in [0.3, 0.4) is 0 Å². The molecule has 6 nitrogen and oxygen atoms in total. The molecule has 1 saturated heterocycles. The summed E-state index contributed by atoms with van der Waals surface area (Å²) in [4.78, 5) is 14.2. The van der Waals surface area contributed by atoms with Gasteiger partial charge in [0, 0.05) is 12.6 Å². The quantitative estimate of drug-likeness (QED) is 0.913. The maximum absolute atomic E-state index is 13.9. The number of rotatable bonds is 3. The predicted molar refractivity (Wildman–Crippen MR) is 83.6 cm³/mol. The van der Waals surface area contributed by atoms with Crippen molar-refractivity contribution in [1.82, 2.24) is 15.4 Å². The zero-order valence-corrected chi connectivity index (χ0v) is 13.0. The van der Waals surface area contributed by atoms with Crippen molar-refractivity contribution in [2.75, 3.05) is 18.9 Å². The van der Waals surface area contributed by atoms with Crippen LogP contribution in [0.1, 0.15) is 23.6 Å². The van der Waals surface area contributed by atoms with Crippen LogP contribution in [0.25, 0.3) is 0 Å². The molecule has 1 aliphatic heterocycles. The number of nitrogens with one attached hydrogen (secondary N) is 2. The molecule has 2 amide bonds. The van der Waals surface area contributed by atoms with E-state index in [1.54, 1.807) is 25.1 Å².